The maximum absolute atomic E-state index is 14.1. The summed E-state index contributed by atoms with van der Waals surface area (Å²) in [6.45, 7) is 8.89. The summed E-state index contributed by atoms with van der Waals surface area (Å²) < 4.78 is 0. The molecule has 5 rings (SSSR count). The molecule has 1 unspecified atom stereocenters. The Labute approximate surface area is 290 Å². The molecule has 2 aliphatic carbocycles. The molecule has 0 saturated heterocycles. The molecule has 1 heterocycles. The Morgan fingerprint density at radius 2 is 1.51 bits per heavy atom. The number of anilines is 3. The Morgan fingerprint density at radius 1 is 0.878 bits per heavy atom. The molecule has 2 aromatic carbocycles. The van der Waals surface area contributed by atoms with Crippen molar-refractivity contribution in [2.24, 2.45) is 11.1 Å². The van der Waals surface area contributed by atoms with Crippen LogP contribution in [-0.4, -0.2) is 71.2 Å². The third kappa shape index (κ3) is 9.82. The average molecular weight is 678 g/mol. The quantitative estimate of drug-likeness (QED) is 0.253. The molecule has 2 fully saturated rings. The summed E-state index contributed by atoms with van der Waals surface area (Å²) in [6, 6.07) is 13.5. The summed E-state index contributed by atoms with van der Waals surface area (Å²) in [7, 11) is 0. The van der Waals surface area contributed by atoms with Crippen LogP contribution in [-0.2, 0) is 19.8 Å². The molecule has 268 valence electrons. The lowest BCUT2D eigenvalue weighted by Crippen LogP contribution is -2.55. The van der Waals surface area contributed by atoms with Gasteiger partial charge in [0.15, 0.2) is 5.78 Å². The van der Waals surface area contributed by atoms with E-state index in [1.807, 2.05) is 45.0 Å². The van der Waals surface area contributed by atoms with Gasteiger partial charge in [-0.1, -0.05) is 64.3 Å². The van der Waals surface area contributed by atoms with Crippen LogP contribution in [0.2, 0.25) is 0 Å². The van der Waals surface area contributed by atoms with Gasteiger partial charge in [-0.25, -0.2) is 4.79 Å². The SMILES string of the molecule is CC(C)(C)C(=O)CN1C(=O)C(NC(=O)Nc2cccc(C(C)(C)C(=O)O)c2)CN(C2CCCCC2)c2ccccc21.NC1CCC(O)CC1. The lowest BCUT2D eigenvalue weighted by atomic mass is 9.84. The second-order valence-corrected chi connectivity index (χ2v) is 15.3. The monoisotopic (exact) mass is 677 g/mol. The number of aliphatic carboxylic acids is 1. The van der Waals surface area contributed by atoms with Crippen molar-refractivity contribution in [2.45, 2.75) is 122 Å². The number of hydrogen-bond acceptors (Lipinski definition) is 7. The van der Waals surface area contributed by atoms with Crippen molar-refractivity contribution in [3.63, 3.8) is 0 Å². The number of urea groups is 1. The zero-order chi connectivity index (χ0) is 35.9. The number of fused-ring (bicyclic) bond motifs is 1. The summed E-state index contributed by atoms with van der Waals surface area (Å²) in [4.78, 5) is 56.0. The number of nitrogens with two attached hydrogens (primary N) is 1. The molecule has 0 spiro atoms. The number of carboxylic acid groups (broad SMARTS) is 1. The second-order valence-electron chi connectivity index (χ2n) is 15.3. The first-order valence-electron chi connectivity index (χ1n) is 17.6. The minimum atomic E-state index is -1.14. The second kappa shape index (κ2) is 16.2. The van der Waals surface area contributed by atoms with Crippen LogP contribution in [0.15, 0.2) is 48.5 Å². The fourth-order valence-electron chi connectivity index (χ4n) is 6.54. The van der Waals surface area contributed by atoms with Crippen LogP contribution in [0.3, 0.4) is 0 Å². The van der Waals surface area contributed by atoms with Gasteiger partial charge < -0.3 is 36.4 Å². The van der Waals surface area contributed by atoms with Crippen LogP contribution in [0, 0.1) is 5.41 Å². The number of rotatable bonds is 7. The van der Waals surface area contributed by atoms with E-state index in [-0.39, 0.29) is 36.9 Å². The first-order chi connectivity index (χ1) is 23.1. The number of ketones is 1. The number of nitrogens with zero attached hydrogens (tertiary/aromatic N) is 2. The molecule has 11 heteroatoms. The molecular weight excluding hydrogens is 622 g/mol. The molecule has 49 heavy (non-hydrogen) atoms. The number of aliphatic hydroxyl groups excluding tert-OH is 1. The van der Waals surface area contributed by atoms with E-state index in [1.54, 1.807) is 38.1 Å². The Morgan fingerprint density at radius 3 is 2.10 bits per heavy atom. The number of aliphatic hydroxyl groups is 1. The number of para-hydroxylation sites is 2. The lowest BCUT2D eigenvalue weighted by molar-refractivity contribution is -0.142. The fourth-order valence-corrected chi connectivity index (χ4v) is 6.54. The lowest BCUT2D eigenvalue weighted by Gasteiger charge is -2.37. The molecule has 11 nitrogen and oxygen atoms in total. The van der Waals surface area contributed by atoms with Gasteiger partial charge in [0.05, 0.1) is 29.4 Å². The van der Waals surface area contributed by atoms with Gasteiger partial charge in [-0.2, -0.15) is 0 Å². The normalized spacial score (nSPS) is 21.9. The summed E-state index contributed by atoms with van der Waals surface area (Å²) in [5, 5.41) is 24.2. The van der Waals surface area contributed by atoms with Crippen LogP contribution in [0.1, 0.15) is 98.0 Å². The number of nitrogens with one attached hydrogen (secondary N) is 2. The maximum Gasteiger partial charge on any atom is 0.319 e. The van der Waals surface area contributed by atoms with Gasteiger partial charge in [0.2, 0.25) is 0 Å². The van der Waals surface area contributed by atoms with E-state index < -0.39 is 28.9 Å². The van der Waals surface area contributed by atoms with E-state index in [1.165, 1.54) is 11.3 Å². The van der Waals surface area contributed by atoms with Crippen molar-refractivity contribution in [1.29, 1.82) is 0 Å². The average Bonchev–Trinajstić information content (AvgIpc) is 3.17. The van der Waals surface area contributed by atoms with Gasteiger partial charge >= 0.3 is 12.0 Å². The van der Waals surface area contributed by atoms with Gasteiger partial charge in [0.25, 0.3) is 5.91 Å². The highest BCUT2D eigenvalue weighted by molar-refractivity contribution is 6.08. The number of carbonyl (C=O) groups is 4. The molecule has 2 saturated carbocycles. The highest BCUT2D eigenvalue weighted by Gasteiger charge is 2.39. The summed E-state index contributed by atoms with van der Waals surface area (Å²) in [6.07, 6.45) is 9.12. The minimum absolute atomic E-state index is 0.0604. The van der Waals surface area contributed by atoms with Gasteiger partial charge in [-0.05, 0) is 82.2 Å². The van der Waals surface area contributed by atoms with Crippen LogP contribution >= 0.6 is 0 Å². The molecule has 0 aromatic heterocycles. The van der Waals surface area contributed by atoms with Crippen molar-refractivity contribution < 1.29 is 29.4 Å². The third-order valence-electron chi connectivity index (χ3n) is 10.0. The number of Topliss-reactive ketones (excluding diaryl/α,β-unsaturated/α-hetero) is 1. The van der Waals surface area contributed by atoms with Crippen LogP contribution < -0.4 is 26.2 Å². The predicted octanol–water partition coefficient (Wildman–Crippen LogP) is 5.59. The van der Waals surface area contributed by atoms with Crippen LogP contribution in [0.4, 0.5) is 21.9 Å². The fraction of sp³-hybridized carbons (Fsp3) is 0.579. The first kappa shape index (κ1) is 37.9. The molecular formula is C38H55N5O6. The number of carboxylic acids is 1. The van der Waals surface area contributed by atoms with E-state index in [4.69, 9.17) is 10.8 Å². The van der Waals surface area contributed by atoms with E-state index in [0.717, 1.165) is 57.1 Å². The Hall–Kier alpha value is -3.96. The van der Waals surface area contributed by atoms with Gasteiger partial charge in [-0.3, -0.25) is 14.4 Å². The van der Waals surface area contributed by atoms with Crippen molar-refractivity contribution >= 4 is 40.8 Å². The highest BCUT2D eigenvalue weighted by atomic mass is 16.4. The molecule has 1 aliphatic heterocycles. The highest BCUT2D eigenvalue weighted by Crippen LogP contribution is 2.37. The number of amides is 3. The van der Waals surface area contributed by atoms with E-state index in [0.29, 0.717) is 23.0 Å². The zero-order valence-corrected chi connectivity index (χ0v) is 29.7. The molecule has 1 atom stereocenters. The van der Waals surface area contributed by atoms with E-state index >= 15 is 0 Å². The summed E-state index contributed by atoms with van der Waals surface area (Å²) in [5.74, 6) is -1.40. The molecule has 6 N–H and O–H groups in total. The minimum Gasteiger partial charge on any atom is -0.481 e. The number of benzene rings is 2. The Balaban J connectivity index is 0.000000592. The van der Waals surface area contributed by atoms with Crippen molar-refractivity contribution in [1.82, 2.24) is 5.32 Å². The van der Waals surface area contributed by atoms with Gasteiger partial charge in [0, 0.05) is 29.7 Å². The van der Waals surface area contributed by atoms with Gasteiger partial charge in [-0.15, -0.1) is 0 Å². The van der Waals surface area contributed by atoms with Crippen molar-refractivity contribution in [2.75, 3.05) is 28.2 Å². The molecule has 3 aliphatic rings. The van der Waals surface area contributed by atoms with Crippen molar-refractivity contribution in [3.05, 3.63) is 54.1 Å². The Bertz CT molecular complexity index is 1460. The number of carbonyl (C=O) groups excluding carboxylic acids is 3. The largest absolute Gasteiger partial charge is 0.481 e. The van der Waals surface area contributed by atoms with Crippen LogP contribution in [0.25, 0.3) is 0 Å². The van der Waals surface area contributed by atoms with E-state index in [2.05, 4.69) is 15.5 Å². The predicted molar refractivity (Wildman–Crippen MR) is 193 cm³/mol. The zero-order valence-electron chi connectivity index (χ0n) is 29.7. The van der Waals surface area contributed by atoms with Crippen LogP contribution in [0.5, 0.6) is 0 Å². The summed E-state index contributed by atoms with van der Waals surface area (Å²) >= 11 is 0. The molecule has 2 aromatic rings. The molecule has 3 amide bonds. The summed E-state index contributed by atoms with van der Waals surface area (Å²) in [5.41, 5.74) is 6.33. The standard InChI is InChI=1S/C32H42N4O5.C6H13NO/c1-31(2,3)27(37)20-36-26-17-10-9-16-25(26)35(23-14-7-6-8-15-23)19-24(28(36)38)34-30(41)33-22-13-11-12-21(18-22)32(4,5)29(39)40;7-5-1-3-6(8)4-2-5/h9-13,16-18,23-24H,6-8,14-15,19-20H2,1-5H3,(H,39,40)(H2,33,34,41);5-6,8H,1-4,7H2. The third-order valence-corrected chi connectivity index (χ3v) is 10.0. The maximum atomic E-state index is 14.1. The molecule has 0 bridgehead atoms. The van der Waals surface area contributed by atoms with E-state index in [9.17, 15) is 24.3 Å². The van der Waals surface area contributed by atoms with Crippen molar-refractivity contribution in [3.8, 4) is 0 Å². The smallest absolute Gasteiger partial charge is 0.319 e. The molecule has 0 radical (unpaired) electrons. The first-order valence-corrected chi connectivity index (χ1v) is 17.6. The Kier molecular flexibility index (Phi) is 12.5. The number of hydrogen-bond donors (Lipinski definition) is 5. The topological polar surface area (TPSA) is 165 Å². The van der Waals surface area contributed by atoms with Gasteiger partial charge in [0.1, 0.15) is 6.04 Å².